The van der Waals surface area contributed by atoms with Crippen molar-refractivity contribution in [2.75, 3.05) is 12.4 Å². The Morgan fingerprint density at radius 2 is 1.74 bits per heavy atom. The lowest BCUT2D eigenvalue weighted by Crippen LogP contribution is -2.18. The van der Waals surface area contributed by atoms with Crippen LogP contribution >= 0.6 is 11.3 Å². The number of nitrogens with one attached hydrogen (secondary N) is 2. The molecule has 1 atom stereocenters. The van der Waals surface area contributed by atoms with Gasteiger partial charge in [0, 0.05) is 36.1 Å². The van der Waals surface area contributed by atoms with E-state index in [0.29, 0.717) is 16.1 Å². The van der Waals surface area contributed by atoms with Gasteiger partial charge in [0.1, 0.15) is 11.5 Å². The van der Waals surface area contributed by atoms with E-state index in [1.165, 1.54) is 30.5 Å². The average molecular weight is 455 g/mol. The fourth-order valence-corrected chi connectivity index (χ4v) is 3.51. The summed E-state index contributed by atoms with van der Waals surface area (Å²) >= 11 is 1.27. The first-order chi connectivity index (χ1) is 14.9. The SMILES string of the molecule is CNC(=O)c1ccc(NC(c2cncs2)c2ccc(OC(F)F)cc2OC(F)F)cc1. The van der Waals surface area contributed by atoms with E-state index in [9.17, 15) is 22.4 Å². The Bertz CT molecular complexity index is 1000. The van der Waals surface area contributed by atoms with Gasteiger partial charge in [0.25, 0.3) is 5.91 Å². The van der Waals surface area contributed by atoms with Gasteiger partial charge < -0.3 is 20.1 Å². The Labute approximate surface area is 178 Å². The van der Waals surface area contributed by atoms with Crippen molar-refractivity contribution in [1.82, 2.24) is 10.3 Å². The molecule has 0 aliphatic carbocycles. The number of carbonyl (C=O) groups excluding carboxylic acids is 1. The minimum Gasteiger partial charge on any atom is -0.435 e. The molecule has 0 saturated heterocycles. The third-order valence-electron chi connectivity index (χ3n) is 4.16. The minimum absolute atomic E-state index is 0.257. The number of aromatic nitrogens is 1. The fraction of sp³-hybridized carbons (Fsp3) is 0.200. The van der Waals surface area contributed by atoms with Crippen molar-refractivity contribution in [3.8, 4) is 11.5 Å². The van der Waals surface area contributed by atoms with Crippen LogP contribution in [-0.2, 0) is 0 Å². The lowest BCUT2D eigenvalue weighted by Gasteiger charge is -2.22. The topological polar surface area (TPSA) is 72.5 Å². The zero-order valence-electron chi connectivity index (χ0n) is 16.0. The van der Waals surface area contributed by atoms with Gasteiger partial charge in [-0.05, 0) is 36.4 Å². The number of halogens is 4. The number of hydrogen-bond acceptors (Lipinski definition) is 6. The summed E-state index contributed by atoms with van der Waals surface area (Å²) in [5.41, 5.74) is 2.86. The summed E-state index contributed by atoms with van der Waals surface area (Å²) in [6.45, 7) is -6.28. The summed E-state index contributed by atoms with van der Waals surface area (Å²) < 4.78 is 60.0. The number of thiazole rings is 1. The molecule has 0 fully saturated rings. The van der Waals surface area contributed by atoms with Gasteiger partial charge in [-0.25, -0.2) is 0 Å². The summed E-state index contributed by atoms with van der Waals surface area (Å²) in [5.74, 6) is -0.888. The van der Waals surface area contributed by atoms with Crippen molar-refractivity contribution in [2.24, 2.45) is 0 Å². The molecular weight excluding hydrogens is 438 g/mol. The Kier molecular flexibility index (Phi) is 7.29. The van der Waals surface area contributed by atoms with Crippen LogP contribution in [0.15, 0.2) is 54.2 Å². The van der Waals surface area contributed by atoms with Gasteiger partial charge in [-0.2, -0.15) is 17.6 Å². The molecule has 2 N–H and O–H groups in total. The average Bonchev–Trinajstić information content (AvgIpc) is 3.26. The second-order valence-corrected chi connectivity index (χ2v) is 7.01. The smallest absolute Gasteiger partial charge is 0.387 e. The van der Waals surface area contributed by atoms with E-state index in [4.69, 9.17) is 0 Å². The van der Waals surface area contributed by atoms with E-state index in [1.807, 2.05) is 0 Å². The molecule has 0 bridgehead atoms. The zero-order valence-corrected chi connectivity index (χ0v) is 16.8. The fourth-order valence-electron chi connectivity index (χ4n) is 2.83. The van der Waals surface area contributed by atoms with Gasteiger partial charge >= 0.3 is 13.2 Å². The van der Waals surface area contributed by atoms with E-state index < -0.39 is 19.3 Å². The number of nitrogens with zero attached hydrogens (tertiary/aromatic N) is 1. The standard InChI is InChI=1S/C20H17F4N3O3S/c1-25-18(28)11-2-4-12(5-3-11)27-17(16-9-26-10-31-16)14-7-6-13(29-19(21)22)8-15(14)30-20(23)24/h2-10,17,19-20,27H,1H3,(H,25,28). The molecule has 11 heteroatoms. The minimum atomic E-state index is -3.17. The first-order valence-corrected chi connectivity index (χ1v) is 9.76. The van der Waals surface area contributed by atoms with Gasteiger partial charge in [0.2, 0.25) is 0 Å². The molecule has 6 nitrogen and oxygen atoms in total. The van der Waals surface area contributed by atoms with Crippen LogP contribution < -0.4 is 20.1 Å². The molecule has 31 heavy (non-hydrogen) atoms. The maximum Gasteiger partial charge on any atom is 0.387 e. The maximum absolute atomic E-state index is 13.0. The van der Waals surface area contributed by atoms with Gasteiger partial charge in [0.05, 0.1) is 16.4 Å². The molecule has 1 unspecified atom stereocenters. The van der Waals surface area contributed by atoms with Gasteiger partial charge in [0.15, 0.2) is 0 Å². The Balaban J connectivity index is 1.98. The number of carbonyl (C=O) groups is 1. The summed E-state index contributed by atoms with van der Waals surface area (Å²) in [4.78, 5) is 16.4. The first kappa shape index (κ1) is 22.3. The lowest BCUT2D eigenvalue weighted by molar-refractivity contribution is -0.0547. The van der Waals surface area contributed by atoms with Crippen LogP contribution in [0.2, 0.25) is 0 Å². The van der Waals surface area contributed by atoms with Crippen molar-refractivity contribution in [3.05, 3.63) is 70.2 Å². The van der Waals surface area contributed by atoms with E-state index in [2.05, 4.69) is 25.1 Å². The third-order valence-corrected chi connectivity index (χ3v) is 5.00. The van der Waals surface area contributed by atoms with Crippen LogP contribution in [0.3, 0.4) is 0 Å². The molecule has 1 amide bonds. The normalized spacial score (nSPS) is 12.0. The molecule has 0 aliphatic rings. The number of ether oxygens (including phenoxy) is 2. The predicted molar refractivity (Wildman–Crippen MR) is 107 cm³/mol. The molecule has 0 radical (unpaired) electrons. The van der Waals surface area contributed by atoms with E-state index >= 15 is 0 Å². The number of anilines is 1. The van der Waals surface area contributed by atoms with Crippen LogP contribution in [0.4, 0.5) is 23.2 Å². The highest BCUT2D eigenvalue weighted by atomic mass is 32.1. The van der Waals surface area contributed by atoms with Crippen LogP contribution in [-0.4, -0.2) is 31.2 Å². The Morgan fingerprint density at radius 1 is 1.03 bits per heavy atom. The molecule has 3 rings (SSSR count). The van der Waals surface area contributed by atoms with Crippen molar-refractivity contribution in [2.45, 2.75) is 19.3 Å². The zero-order chi connectivity index (χ0) is 22.4. The molecular formula is C20H17F4N3O3S. The van der Waals surface area contributed by atoms with Gasteiger partial charge in [-0.1, -0.05) is 0 Å². The van der Waals surface area contributed by atoms with Crippen LogP contribution in [0.25, 0.3) is 0 Å². The first-order valence-electron chi connectivity index (χ1n) is 8.88. The van der Waals surface area contributed by atoms with E-state index in [-0.39, 0.29) is 23.0 Å². The number of alkyl halides is 4. The summed E-state index contributed by atoms with van der Waals surface area (Å²) in [6, 6.07) is 9.41. The van der Waals surface area contributed by atoms with Crippen LogP contribution in [0, 0.1) is 0 Å². The van der Waals surface area contributed by atoms with Crippen LogP contribution in [0.1, 0.15) is 26.8 Å². The second-order valence-electron chi connectivity index (χ2n) is 6.09. The lowest BCUT2D eigenvalue weighted by atomic mass is 10.0. The molecule has 1 aromatic heterocycles. The third kappa shape index (κ3) is 5.85. The van der Waals surface area contributed by atoms with E-state index in [0.717, 1.165) is 6.07 Å². The van der Waals surface area contributed by atoms with Gasteiger partial charge in [-0.3, -0.25) is 9.78 Å². The van der Waals surface area contributed by atoms with Gasteiger partial charge in [-0.15, -0.1) is 11.3 Å². The maximum atomic E-state index is 13.0. The monoisotopic (exact) mass is 455 g/mol. The number of hydrogen-bond donors (Lipinski definition) is 2. The Morgan fingerprint density at radius 3 is 2.32 bits per heavy atom. The van der Waals surface area contributed by atoms with Crippen molar-refractivity contribution >= 4 is 22.9 Å². The number of rotatable bonds is 9. The van der Waals surface area contributed by atoms with E-state index in [1.54, 1.807) is 36.0 Å². The highest BCUT2D eigenvalue weighted by Crippen LogP contribution is 2.37. The van der Waals surface area contributed by atoms with Crippen molar-refractivity contribution in [1.29, 1.82) is 0 Å². The second kappa shape index (κ2) is 10.1. The summed E-state index contributed by atoms with van der Waals surface area (Å²) in [6.07, 6.45) is 1.55. The largest absolute Gasteiger partial charge is 0.435 e. The Hall–Kier alpha value is -3.34. The molecule has 0 aliphatic heterocycles. The molecule has 3 aromatic rings. The van der Waals surface area contributed by atoms with Crippen LogP contribution in [0.5, 0.6) is 11.5 Å². The molecule has 2 aromatic carbocycles. The number of amides is 1. The molecule has 0 saturated carbocycles. The highest BCUT2D eigenvalue weighted by Gasteiger charge is 2.23. The molecule has 0 spiro atoms. The molecule has 164 valence electrons. The summed E-state index contributed by atoms with van der Waals surface area (Å²) in [7, 11) is 1.51. The van der Waals surface area contributed by atoms with Crippen molar-refractivity contribution < 1.29 is 31.8 Å². The predicted octanol–water partition coefficient (Wildman–Crippen LogP) is 4.91. The quantitative estimate of drug-likeness (QED) is 0.449. The molecule has 1 heterocycles. The number of benzene rings is 2. The van der Waals surface area contributed by atoms with Crippen molar-refractivity contribution in [3.63, 3.8) is 0 Å². The highest BCUT2D eigenvalue weighted by molar-refractivity contribution is 7.09. The summed E-state index contributed by atoms with van der Waals surface area (Å²) in [5, 5.41) is 5.70.